The summed E-state index contributed by atoms with van der Waals surface area (Å²) in [6.45, 7) is 9.53. The number of hydrogen-bond acceptors (Lipinski definition) is 15. The first-order valence-electron chi connectivity index (χ1n) is 37.6. The average molecular weight is 1340 g/mol. The fourth-order valence-corrected chi connectivity index (χ4v) is 12.5. The predicted octanol–water partition coefficient (Wildman–Crippen LogP) is 20.8. The van der Waals surface area contributed by atoms with Gasteiger partial charge in [0.1, 0.15) is 19.3 Å². The minimum absolute atomic E-state index is 0.104. The number of esters is 4. The molecule has 0 aliphatic rings. The van der Waals surface area contributed by atoms with Crippen LogP contribution in [0.3, 0.4) is 0 Å². The number of hydrogen-bond donors (Lipinski definition) is 3. The topological polar surface area (TPSA) is 237 Å². The molecule has 0 amide bonds. The molecule has 0 radical (unpaired) electrons. The van der Waals surface area contributed by atoms with Crippen molar-refractivity contribution in [1.82, 2.24) is 0 Å². The quantitative estimate of drug-likeness (QED) is 0.0222. The molecule has 17 nitrogen and oxygen atoms in total. The number of phosphoric ester groups is 2. The molecule has 91 heavy (non-hydrogen) atoms. The minimum atomic E-state index is -4.95. The lowest BCUT2D eigenvalue weighted by molar-refractivity contribution is -0.161. The number of phosphoric acid groups is 2. The van der Waals surface area contributed by atoms with Crippen LogP contribution < -0.4 is 0 Å². The van der Waals surface area contributed by atoms with Gasteiger partial charge in [0.15, 0.2) is 12.2 Å². The first-order valence-corrected chi connectivity index (χ1v) is 40.6. The number of carbonyl (C=O) groups is 4. The summed E-state index contributed by atoms with van der Waals surface area (Å²) in [5.74, 6) is -0.622. The normalized spacial score (nSPS) is 14.7. The van der Waals surface area contributed by atoms with Crippen LogP contribution in [0.5, 0.6) is 0 Å². The predicted molar refractivity (Wildman–Crippen MR) is 368 cm³/mol. The molecule has 4 unspecified atom stereocenters. The Labute approximate surface area is 556 Å². The highest BCUT2D eigenvalue weighted by atomic mass is 31.2. The van der Waals surface area contributed by atoms with Crippen molar-refractivity contribution >= 4 is 39.5 Å². The number of aliphatic hydroxyl groups is 1. The standard InChI is InChI=1S/C72H140O17P2/c1-7-11-13-15-17-19-21-23-24-25-27-29-31-36-44-50-56-71(76)88-67(60-82-69(74)54-48-42-35-30-28-26-22-20-18-16-14-12-8-2)62-86-90(78,79)84-58-66(73)59-85-91(80,81)87-63-68(61-83-70(75)55-49-43-39-38-41-47-53-65(6)10-4)89-72(77)57-51-45-37-33-32-34-40-46-52-64(5)9-3/h64-68,73H,7-63H2,1-6H3,(H,78,79)(H,80,81)/t64?,65?,66-,67-,68-/m1/s1. The molecular weight excluding hydrogens is 1200 g/mol. The van der Waals surface area contributed by atoms with Crippen molar-refractivity contribution in [2.45, 2.75) is 387 Å². The largest absolute Gasteiger partial charge is 0.472 e. The summed E-state index contributed by atoms with van der Waals surface area (Å²) in [7, 11) is -9.90. The molecule has 0 aromatic heterocycles. The second-order valence-corrected chi connectivity index (χ2v) is 29.4. The fraction of sp³-hybridized carbons (Fsp3) is 0.944. The summed E-state index contributed by atoms with van der Waals surface area (Å²) in [5.41, 5.74) is 0. The molecule has 0 aliphatic carbocycles. The maximum Gasteiger partial charge on any atom is 0.472 e. The van der Waals surface area contributed by atoms with Crippen LogP contribution in [0.4, 0.5) is 0 Å². The lowest BCUT2D eigenvalue weighted by Gasteiger charge is -2.21. The van der Waals surface area contributed by atoms with Gasteiger partial charge in [-0.1, -0.05) is 318 Å². The minimum Gasteiger partial charge on any atom is -0.462 e. The number of carbonyl (C=O) groups excluding carboxylic acids is 4. The van der Waals surface area contributed by atoms with Gasteiger partial charge in [-0.05, 0) is 37.5 Å². The average Bonchev–Trinajstić information content (AvgIpc) is 3.67. The monoisotopic (exact) mass is 1340 g/mol. The second kappa shape index (κ2) is 64.1. The van der Waals surface area contributed by atoms with Crippen molar-refractivity contribution in [2.24, 2.45) is 11.8 Å². The van der Waals surface area contributed by atoms with Crippen LogP contribution in [-0.4, -0.2) is 96.7 Å². The molecule has 19 heteroatoms. The summed E-state index contributed by atoms with van der Waals surface area (Å²) in [6, 6.07) is 0. The second-order valence-electron chi connectivity index (χ2n) is 26.5. The molecule has 540 valence electrons. The Morgan fingerprint density at radius 3 is 0.780 bits per heavy atom. The summed E-state index contributed by atoms with van der Waals surface area (Å²) in [6.07, 6.45) is 49.8. The van der Waals surface area contributed by atoms with Crippen LogP contribution >= 0.6 is 15.6 Å². The van der Waals surface area contributed by atoms with Crippen LogP contribution in [0.25, 0.3) is 0 Å². The van der Waals surface area contributed by atoms with Gasteiger partial charge in [0.05, 0.1) is 26.4 Å². The van der Waals surface area contributed by atoms with E-state index < -0.39 is 97.5 Å². The van der Waals surface area contributed by atoms with Gasteiger partial charge in [-0.15, -0.1) is 0 Å². The molecule has 0 aromatic carbocycles. The van der Waals surface area contributed by atoms with E-state index in [9.17, 15) is 43.2 Å². The van der Waals surface area contributed by atoms with E-state index in [-0.39, 0.29) is 25.7 Å². The van der Waals surface area contributed by atoms with Gasteiger partial charge in [-0.25, -0.2) is 9.13 Å². The number of rotatable bonds is 71. The zero-order valence-corrected chi connectivity index (χ0v) is 60.9. The first-order chi connectivity index (χ1) is 43.9. The first kappa shape index (κ1) is 89.1. The Hall–Kier alpha value is -1.94. The van der Waals surface area contributed by atoms with Crippen molar-refractivity contribution in [3.05, 3.63) is 0 Å². The van der Waals surface area contributed by atoms with Crippen molar-refractivity contribution in [2.75, 3.05) is 39.6 Å². The summed E-state index contributed by atoms with van der Waals surface area (Å²) >= 11 is 0. The molecular formula is C72H140O17P2. The Morgan fingerprint density at radius 2 is 0.527 bits per heavy atom. The van der Waals surface area contributed by atoms with Gasteiger partial charge in [-0.3, -0.25) is 37.3 Å². The maximum atomic E-state index is 13.0. The van der Waals surface area contributed by atoms with Crippen LogP contribution in [0, 0.1) is 11.8 Å². The lowest BCUT2D eigenvalue weighted by atomic mass is 9.99. The summed E-state index contributed by atoms with van der Waals surface area (Å²) in [5, 5.41) is 10.6. The van der Waals surface area contributed by atoms with E-state index in [2.05, 4.69) is 41.5 Å². The van der Waals surface area contributed by atoms with Crippen LogP contribution in [0.1, 0.15) is 369 Å². The van der Waals surface area contributed by atoms with E-state index in [0.29, 0.717) is 25.7 Å². The molecule has 7 atom stereocenters. The van der Waals surface area contributed by atoms with Crippen molar-refractivity contribution < 1.29 is 80.2 Å². The molecule has 0 spiro atoms. The van der Waals surface area contributed by atoms with E-state index in [0.717, 1.165) is 108 Å². The zero-order chi connectivity index (χ0) is 67.2. The SMILES string of the molecule is CCCCCCCCCCCCCCCCCCC(=O)O[C@H](COC(=O)CCCCCCCCCCCCCCC)COP(=O)(O)OC[C@@H](O)COP(=O)(O)OC[C@@H](COC(=O)CCCCCCCCC(C)CC)OC(=O)CCCCCCCCCCC(C)CC. The third-order valence-electron chi connectivity index (χ3n) is 17.4. The van der Waals surface area contributed by atoms with Gasteiger partial charge < -0.3 is 33.8 Å². The van der Waals surface area contributed by atoms with Gasteiger partial charge in [0, 0.05) is 25.7 Å². The highest BCUT2D eigenvalue weighted by molar-refractivity contribution is 7.47. The van der Waals surface area contributed by atoms with Crippen LogP contribution in [0.2, 0.25) is 0 Å². The van der Waals surface area contributed by atoms with Gasteiger partial charge >= 0.3 is 39.5 Å². The molecule has 0 saturated carbocycles. The molecule has 0 heterocycles. The summed E-state index contributed by atoms with van der Waals surface area (Å²) < 4.78 is 68.4. The third-order valence-corrected chi connectivity index (χ3v) is 19.3. The highest BCUT2D eigenvalue weighted by Crippen LogP contribution is 2.45. The van der Waals surface area contributed by atoms with E-state index in [4.69, 9.17) is 37.0 Å². The Kier molecular flexibility index (Phi) is 62.7. The van der Waals surface area contributed by atoms with E-state index >= 15 is 0 Å². The maximum absolute atomic E-state index is 13.0. The molecule has 0 aliphatic heterocycles. The van der Waals surface area contributed by atoms with Gasteiger partial charge in [0.25, 0.3) is 0 Å². The lowest BCUT2D eigenvalue weighted by Crippen LogP contribution is -2.30. The fourth-order valence-electron chi connectivity index (χ4n) is 10.9. The Balaban J connectivity index is 5.26. The zero-order valence-electron chi connectivity index (χ0n) is 59.1. The highest BCUT2D eigenvalue weighted by Gasteiger charge is 2.30. The van der Waals surface area contributed by atoms with E-state index in [1.807, 2.05) is 0 Å². The van der Waals surface area contributed by atoms with E-state index in [1.165, 1.54) is 180 Å². The van der Waals surface area contributed by atoms with Crippen molar-refractivity contribution in [3.63, 3.8) is 0 Å². The molecule has 0 bridgehead atoms. The molecule has 0 rings (SSSR count). The number of aliphatic hydroxyl groups excluding tert-OH is 1. The molecule has 3 N–H and O–H groups in total. The molecule has 0 fully saturated rings. The number of ether oxygens (including phenoxy) is 4. The van der Waals surface area contributed by atoms with Gasteiger partial charge in [-0.2, -0.15) is 0 Å². The third kappa shape index (κ3) is 63.9. The van der Waals surface area contributed by atoms with E-state index in [1.54, 1.807) is 0 Å². The number of unbranched alkanes of at least 4 members (excludes halogenated alkanes) is 39. The van der Waals surface area contributed by atoms with Crippen molar-refractivity contribution in [1.29, 1.82) is 0 Å². The van der Waals surface area contributed by atoms with Crippen LogP contribution in [-0.2, 0) is 65.4 Å². The molecule has 0 aromatic rings. The smallest absolute Gasteiger partial charge is 0.462 e. The Morgan fingerprint density at radius 1 is 0.308 bits per heavy atom. The van der Waals surface area contributed by atoms with Crippen LogP contribution in [0.15, 0.2) is 0 Å². The van der Waals surface area contributed by atoms with Gasteiger partial charge in [0.2, 0.25) is 0 Å². The molecule has 0 saturated heterocycles. The summed E-state index contributed by atoms with van der Waals surface area (Å²) in [4.78, 5) is 72.6. The Bertz CT molecular complexity index is 1770. The van der Waals surface area contributed by atoms with Crippen molar-refractivity contribution in [3.8, 4) is 0 Å².